The van der Waals surface area contributed by atoms with Crippen molar-refractivity contribution in [2.24, 2.45) is 0 Å². The predicted molar refractivity (Wildman–Crippen MR) is 82.7 cm³/mol. The van der Waals surface area contributed by atoms with Crippen LogP contribution in [0, 0.1) is 0 Å². The highest BCUT2D eigenvalue weighted by molar-refractivity contribution is 6.32. The van der Waals surface area contributed by atoms with Gasteiger partial charge < -0.3 is 10.1 Å². The van der Waals surface area contributed by atoms with E-state index < -0.39 is 0 Å². The van der Waals surface area contributed by atoms with E-state index in [1.165, 1.54) is 16.7 Å². The number of benzene rings is 2. The van der Waals surface area contributed by atoms with Crippen LogP contribution in [-0.2, 0) is 6.42 Å². The molecule has 1 aliphatic rings. The molecule has 1 N–H and O–H groups in total. The summed E-state index contributed by atoms with van der Waals surface area (Å²) in [5, 5.41) is 4.09. The fraction of sp³-hybridized carbons (Fsp3) is 0.294. The number of rotatable bonds is 4. The highest BCUT2D eigenvalue weighted by atomic mass is 35.5. The zero-order chi connectivity index (χ0) is 14.1. The van der Waals surface area contributed by atoms with E-state index >= 15 is 0 Å². The molecule has 0 aromatic heterocycles. The van der Waals surface area contributed by atoms with Gasteiger partial charge in [-0.05, 0) is 42.3 Å². The molecule has 0 bridgehead atoms. The Morgan fingerprint density at radius 2 is 2.05 bits per heavy atom. The van der Waals surface area contributed by atoms with Crippen LogP contribution in [0.25, 0.3) is 0 Å². The molecule has 0 saturated carbocycles. The van der Waals surface area contributed by atoms with Crippen LogP contribution in [0.4, 0.5) is 0 Å². The number of methoxy groups -OCH3 is 1. The van der Waals surface area contributed by atoms with Crippen molar-refractivity contribution in [1.29, 1.82) is 0 Å². The molecule has 2 aromatic carbocycles. The van der Waals surface area contributed by atoms with Gasteiger partial charge in [-0.3, -0.25) is 0 Å². The summed E-state index contributed by atoms with van der Waals surface area (Å²) in [5.41, 5.74) is 4.11. The lowest BCUT2D eigenvalue weighted by Gasteiger charge is -2.37. The van der Waals surface area contributed by atoms with Crippen LogP contribution in [0.1, 0.15) is 28.7 Å². The van der Waals surface area contributed by atoms with Gasteiger partial charge in [0.2, 0.25) is 0 Å². The van der Waals surface area contributed by atoms with Crippen molar-refractivity contribution >= 4 is 11.6 Å². The number of halogens is 1. The van der Waals surface area contributed by atoms with E-state index in [0.29, 0.717) is 10.9 Å². The largest absolute Gasteiger partial charge is 0.495 e. The Morgan fingerprint density at radius 1 is 1.25 bits per heavy atom. The zero-order valence-electron chi connectivity index (χ0n) is 11.7. The van der Waals surface area contributed by atoms with Crippen LogP contribution >= 0.6 is 11.6 Å². The number of hydrogen-bond donors (Lipinski definition) is 1. The maximum absolute atomic E-state index is 6.24. The topological polar surface area (TPSA) is 21.3 Å². The Bertz CT molecular complexity index is 626. The quantitative estimate of drug-likeness (QED) is 0.919. The van der Waals surface area contributed by atoms with Gasteiger partial charge in [-0.25, -0.2) is 0 Å². The van der Waals surface area contributed by atoms with Crippen LogP contribution < -0.4 is 10.1 Å². The zero-order valence-corrected chi connectivity index (χ0v) is 12.4. The van der Waals surface area contributed by atoms with Crippen LogP contribution in [-0.4, -0.2) is 14.2 Å². The van der Waals surface area contributed by atoms with Gasteiger partial charge in [-0.1, -0.05) is 41.9 Å². The van der Waals surface area contributed by atoms with Gasteiger partial charge >= 0.3 is 0 Å². The molecule has 2 atom stereocenters. The molecule has 0 spiro atoms. The Kier molecular flexibility index (Phi) is 3.68. The molecule has 2 aromatic rings. The third-order valence-electron chi connectivity index (χ3n) is 4.14. The van der Waals surface area contributed by atoms with Gasteiger partial charge in [0.15, 0.2) is 0 Å². The lowest BCUT2D eigenvalue weighted by molar-refractivity contribution is 0.412. The van der Waals surface area contributed by atoms with Gasteiger partial charge in [0.1, 0.15) is 5.75 Å². The molecule has 20 heavy (non-hydrogen) atoms. The Morgan fingerprint density at radius 3 is 2.70 bits per heavy atom. The van der Waals surface area contributed by atoms with Crippen molar-refractivity contribution in [2.45, 2.75) is 18.4 Å². The van der Waals surface area contributed by atoms with Crippen molar-refractivity contribution in [3.8, 4) is 5.75 Å². The van der Waals surface area contributed by atoms with Crippen LogP contribution in [0.15, 0.2) is 42.5 Å². The Labute approximate surface area is 124 Å². The first-order chi connectivity index (χ1) is 9.74. The summed E-state index contributed by atoms with van der Waals surface area (Å²) in [4.78, 5) is 0. The summed E-state index contributed by atoms with van der Waals surface area (Å²) in [5.74, 6) is 1.24. The van der Waals surface area contributed by atoms with Gasteiger partial charge in [0.25, 0.3) is 0 Å². The minimum absolute atomic E-state index is 0.285. The number of likely N-dealkylation sites (N-methyl/N-ethyl adjacent to an activating group) is 1. The number of fused-ring (bicyclic) bond motifs is 1. The molecule has 0 radical (unpaired) electrons. The molecule has 0 saturated heterocycles. The molecule has 0 fully saturated rings. The van der Waals surface area contributed by atoms with Crippen molar-refractivity contribution in [1.82, 2.24) is 5.32 Å². The van der Waals surface area contributed by atoms with Crippen LogP contribution in [0.2, 0.25) is 5.02 Å². The Hall–Kier alpha value is -1.51. The van der Waals surface area contributed by atoms with E-state index in [9.17, 15) is 0 Å². The molecular formula is C17H18ClNO. The average Bonchev–Trinajstić information content (AvgIpc) is 2.45. The molecule has 0 amide bonds. The van der Waals surface area contributed by atoms with Crippen LogP contribution in [0.3, 0.4) is 0 Å². The molecule has 3 rings (SSSR count). The first kappa shape index (κ1) is 13.5. The van der Waals surface area contributed by atoms with Crippen molar-refractivity contribution in [3.63, 3.8) is 0 Å². The molecule has 0 heterocycles. The van der Waals surface area contributed by atoms with E-state index in [0.717, 1.165) is 12.2 Å². The summed E-state index contributed by atoms with van der Waals surface area (Å²) in [6.45, 7) is 0. The SMILES string of the molecule is CNC(c1ccc(OC)c(Cl)c1)C1Cc2ccccc21. The summed E-state index contributed by atoms with van der Waals surface area (Å²) in [7, 11) is 3.64. The highest BCUT2D eigenvalue weighted by Gasteiger charge is 2.32. The third kappa shape index (κ3) is 2.19. The standard InChI is InChI=1S/C17H18ClNO/c1-19-17(12-7-8-16(20-2)15(18)10-12)14-9-11-5-3-4-6-13(11)14/h3-8,10,14,17,19H,9H2,1-2H3. The fourth-order valence-electron chi connectivity index (χ4n) is 3.07. The third-order valence-corrected chi connectivity index (χ3v) is 4.44. The van der Waals surface area contributed by atoms with Crippen molar-refractivity contribution < 1.29 is 4.74 Å². The molecule has 0 aliphatic heterocycles. The molecule has 1 aliphatic carbocycles. The minimum atomic E-state index is 0.285. The molecular weight excluding hydrogens is 270 g/mol. The number of nitrogens with one attached hydrogen (secondary N) is 1. The Balaban J connectivity index is 1.90. The summed E-state index contributed by atoms with van der Waals surface area (Å²) >= 11 is 6.24. The van der Waals surface area contributed by atoms with Gasteiger partial charge in [0, 0.05) is 12.0 Å². The lowest BCUT2D eigenvalue weighted by atomic mass is 9.72. The van der Waals surface area contributed by atoms with Gasteiger partial charge in [0.05, 0.1) is 12.1 Å². The van der Waals surface area contributed by atoms with Gasteiger partial charge in [-0.2, -0.15) is 0 Å². The van der Waals surface area contributed by atoms with E-state index in [4.69, 9.17) is 16.3 Å². The second kappa shape index (κ2) is 5.47. The first-order valence-electron chi connectivity index (χ1n) is 6.83. The van der Waals surface area contributed by atoms with E-state index in [-0.39, 0.29) is 6.04 Å². The molecule has 104 valence electrons. The first-order valence-corrected chi connectivity index (χ1v) is 7.21. The predicted octanol–water partition coefficient (Wildman–Crippen LogP) is 3.95. The molecule has 3 heteroatoms. The lowest BCUT2D eigenvalue weighted by Crippen LogP contribution is -2.31. The van der Waals surface area contributed by atoms with Crippen molar-refractivity contribution in [2.75, 3.05) is 14.2 Å². The minimum Gasteiger partial charge on any atom is -0.495 e. The second-order valence-corrected chi connectivity index (χ2v) is 5.58. The smallest absolute Gasteiger partial charge is 0.137 e. The summed E-state index contributed by atoms with van der Waals surface area (Å²) in [6.07, 6.45) is 1.12. The maximum atomic E-state index is 6.24. The second-order valence-electron chi connectivity index (χ2n) is 5.17. The van der Waals surface area contributed by atoms with Gasteiger partial charge in [-0.15, -0.1) is 0 Å². The highest BCUT2D eigenvalue weighted by Crippen LogP contribution is 2.44. The van der Waals surface area contributed by atoms with E-state index in [1.54, 1.807) is 7.11 Å². The summed E-state index contributed by atoms with van der Waals surface area (Å²) < 4.78 is 5.22. The normalized spacial score (nSPS) is 18.1. The van der Waals surface area contributed by atoms with Crippen molar-refractivity contribution in [3.05, 3.63) is 64.2 Å². The number of ether oxygens (including phenoxy) is 1. The fourth-order valence-corrected chi connectivity index (χ4v) is 3.34. The maximum Gasteiger partial charge on any atom is 0.137 e. The molecule has 2 nitrogen and oxygen atoms in total. The molecule has 2 unspecified atom stereocenters. The van der Waals surface area contributed by atoms with E-state index in [1.807, 2.05) is 19.2 Å². The summed E-state index contributed by atoms with van der Waals surface area (Å²) in [6, 6.07) is 15.0. The van der Waals surface area contributed by atoms with E-state index in [2.05, 4.69) is 35.6 Å². The average molecular weight is 288 g/mol. The van der Waals surface area contributed by atoms with Crippen LogP contribution in [0.5, 0.6) is 5.75 Å². The number of hydrogen-bond acceptors (Lipinski definition) is 2. The monoisotopic (exact) mass is 287 g/mol.